The van der Waals surface area contributed by atoms with Crippen molar-refractivity contribution >= 4 is 5.97 Å². The maximum atomic E-state index is 10.3. The Morgan fingerprint density at radius 1 is 1.07 bits per heavy atom. The van der Waals surface area contributed by atoms with Gasteiger partial charge in [0, 0.05) is 20.6 Å². The number of rotatable bonds is 6. The maximum Gasteiger partial charge on any atom is 0.302 e. The first-order chi connectivity index (χ1) is 6.68. The minimum atomic E-state index is -0.197. The standard InChI is InChI=1S/C8H16O3.C3H8/c1-8(9)11-7-5-3-4-6-10-2;1-3-2/h3-7H2,1-2H3;3H2,1-2H3. The molecule has 0 N–H and O–H groups in total. The van der Waals surface area contributed by atoms with Crippen LogP contribution in [-0.2, 0) is 14.3 Å². The summed E-state index contributed by atoms with van der Waals surface area (Å²) in [7, 11) is 1.69. The van der Waals surface area contributed by atoms with Gasteiger partial charge in [-0.2, -0.15) is 0 Å². The Kier molecular flexibility index (Phi) is 16.9. The molecular formula is C11H24O3. The number of ether oxygens (including phenoxy) is 2. The molecule has 0 aromatic rings. The number of carbonyl (C=O) groups is 1. The molecule has 0 unspecified atom stereocenters. The molecule has 0 aromatic heterocycles. The second-order valence-electron chi connectivity index (χ2n) is 3.10. The summed E-state index contributed by atoms with van der Waals surface area (Å²) in [6.45, 7) is 7.01. The lowest BCUT2D eigenvalue weighted by Crippen LogP contribution is -2.00. The van der Waals surface area contributed by atoms with Gasteiger partial charge in [0.25, 0.3) is 0 Å². The van der Waals surface area contributed by atoms with E-state index in [0.29, 0.717) is 6.61 Å². The van der Waals surface area contributed by atoms with Gasteiger partial charge in [0.05, 0.1) is 6.61 Å². The molecule has 0 saturated heterocycles. The first-order valence-corrected chi connectivity index (χ1v) is 5.31. The molecule has 0 aliphatic heterocycles. The molecule has 0 atom stereocenters. The van der Waals surface area contributed by atoms with E-state index in [2.05, 4.69) is 13.8 Å². The lowest BCUT2D eigenvalue weighted by Gasteiger charge is -2.00. The number of hydrogen-bond donors (Lipinski definition) is 0. The Bertz CT molecular complexity index is 113. The first kappa shape index (κ1) is 15.9. The molecule has 0 bridgehead atoms. The summed E-state index contributed by atoms with van der Waals surface area (Å²) in [6, 6.07) is 0. The van der Waals surface area contributed by atoms with E-state index in [1.165, 1.54) is 13.3 Å². The highest BCUT2D eigenvalue weighted by molar-refractivity contribution is 5.65. The molecule has 3 heteroatoms. The molecule has 14 heavy (non-hydrogen) atoms. The highest BCUT2D eigenvalue weighted by Gasteiger charge is 1.92. The van der Waals surface area contributed by atoms with Crippen LogP contribution in [-0.4, -0.2) is 26.3 Å². The largest absolute Gasteiger partial charge is 0.466 e. The van der Waals surface area contributed by atoms with Crippen molar-refractivity contribution in [1.82, 2.24) is 0 Å². The normalized spacial score (nSPS) is 8.86. The van der Waals surface area contributed by atoms with Gasteiger partial charge < -0.3 is 9.47 Å². The molecule has 0 aliphatic rings. The number of carbonyl (C=O) groups excluding carboxylic acids is 1. The fraction of sp³-hybridized carbons (Fsp3) is 0.909. The van der Waals surface area contributed by atoms with E-state index < -0.39 is 0 Å². The lowest BCUT2D eigenvalue weighted by molar-refractivity contribution is -0.141. The second-order valence-corrected chi connectivity index (χ2v) is 3.10. The van der Waals surface area contributed by atoms with Crippen LogP contribution in [0, 0.1) is 0 Å². The van der Waals surface area contributed by atoms with Gasteiger partial charge in [0.2, 0.25) is 0 Å². The molecular weight excluding hydrogens is 180 g/mol. The van der Waals surface area contributed by atoms with Crippen LogP contribution in [0.3, 0.4) is 0 Å². The predicted molar refractivity (Wildman–Crippen MR) is 58.3 cm³/mol. The van der Waals surface area contributed by atoms with E-state index in [-0.39, 0.29) is 5.97 Å². The van der Waals surface area contributed by atoms with E-state index in [9.17, 15) is 4.79 Å². The van der Waals surface area contributed by atoms with Crippen LogP contribution in [0.25, 0.3) is 0 Å². The molecule has 0 fully saturated rings. The van der Waals surface area contributed by atoms with E-state index in [1.54, 1.807) is 7.11 Å². The van der Waals surface area contributed by atoms with Crippen LogP contribution in [0.2, 0.25) is 0 Å². The topological polar surface area (TPSA) is 35.5 Å². The van der Waals surface area contributed by atoms with Crippen molar-refractivity contribution in [3.8, 4) is 0 Å². The molecule has 0 heterocycles. The fourth-order valence-electron chi connectivity index (χ4n) is 0.741. The first-order valence-electron chi connectivity index (χ1n) is 5.31. The predicted octanol–water partition coefficient (Wildman–Crippen LogP) is 2.78. The smallest absolute Gasteiger partial charge is 0.302 e. The number of esters is 1. The molecule has 0 aromatic carbocycles. The minimum Gasteiger partial charge on any atom is -0.466 e. The van der Waals surface area contributed by atoms with Crippen molar-refractivity contribution in [2.75, 3.05) is 20.3 Å². The van der Waals surface area contributed by atoms with Gasteiger partial charge in [-0.15, -0.1) is 0 Å². The van der Waals surface area contributed by atoms with Crippen LogP contribution in [0.15, 0.2) is 0 Å². The van der Waals surface area contributed by atoms with E-state index in [0.717, 1.165) is 25.9 Å². The van der Waals surface area contributed by atoms with Gasteiger partial charge in [-0.1, -0.05) is 20.3 Å². The van der Waals surface area contributed by atoms with E-state index in [1.807, 2.05) is 0 Å². The maximum absolute atomic E-state index is 10.3. The second kappa shape index (κ2) is 14.9. The summed E-state index contributed by atoms with van der Waals surface area (Å²) in [5.74, 6) is -0.197. The van der Waals surface area contributed by atoms with Crippen molar-refractivity contribution in [2.24, 2.45) is 0 Å². The van der Waals surface area contributed by atoms with Crippen LogP contribution in [0.4, 0.5) is 0 Å². The molecule has 0 amide bonds. The lowest BCUT2D eigenvalue weighted by atomic mass is 10.2. The third-order valence-electron chi connectivity index (χ3n) is 1.30. The minimum absolute atomic E-state index is 0.197. The van der Waals surface area contributed by atoms with Crippen molar-refractivity contribution in [1.29, 1.82) is 0 Å². The van der Waals surface area contributed by atoms with Gasteiger partial charge in [0.15, 0.2) is 0 Å². The van der Waals surface area contributed by atoms with E-state index >= 15 is 0 Å². The van der Waals surface area contributed by atoms with Gasteiger partial charge >= 0.3 is 5.97 Å². The van der Waals surface area contributed by atoms with Crippen LogP contribution in [0.1, 0.15) is 46.5 Å². The number of methoxy groups -OCH3 is 1. The van der Waals surface area contributed by atoms with Crippen LogP contribution < -0.4 is 0 Å². The summed E-state index contributed by atoms with van der Waals surface area (Å²) in [6.07, 6.45) is 4.28. The molecule has 3 nitrogen and oxygen atoms in total. The zero-order valence-electron chi connectivity index (χ0n) is 9.97. The molecule has 0 spiro atoms. The third-order valence-corrected chi connectivity index (χ3v) is 1.30. The Morgan fingerprint density at radius 2 is 1.57 bits per heavy atom. The third kappa shape index (κ3) is 22.5. The monoisotopic (exact) mass is 204 g/mol. The fourth-order valence-corrected chi connectivity index (χ4v) is 0.741. The van der Waals surface area contributed by atoms with Gasteiger partial charge in [-0.05, 0) is 19.3 Å². The van der Waals surface area contributed by atoms with Crippen molar-refractivity contribution in [3.05, 3.63) is 0 Å². The molecule has 86 valence electrons. The molecule has 0 saturated carbocycles. The Hall–Kier alpha value is -0.570. The number of hydrogen-bond acceptors (Lipinski definition) is 3. The summed E-state index contributed by atoms with van der Waals surface area (Å²) in [5, 5.41) is 0. The van der Waals surface area contributed by atoms with Crippen LogP contribution >= 0.6 is 0 Å². The average Bonchev–Trinajstić information content (AvgIpc) is 2.12. The number of unbranched alkanes of at least 4 members (excludes halogenated alkanes) is 2. The van der Waals surface area contributed by atoms with Crippen LogP contribution in [0.5, 0.6) is 0 Å². The van der Waals surface area contributed by atoms with Gasteiger partial charge in [-0.25, -0.2) is 0 Å². The van der Waals surface area contributed by atoms with E-state index in [4.69, 9.17) is 9.47 Å². The highest BCUT2D eigenvalue weighted by atomic mass is 16.5. The van der Waals surface area contributed by atoms with Crippen molar-refractivity contribution in [2.45, 2.75) is 46.5 Å². The molecule has 0 aliphatic carbocycles. The molecule has 0 rings (SSSR count). The average molecular weight is 204 g/mol. The molecule has 0 radical (unpaired) electrons. The summed E-state index contributed by atoms with van der Waals surface area (Å²) < 4.78 is 9.60. The van der Waals surface area contributed by atoms with Crippen molar-refractivity contribution < 1.29 is 14.3 Å². The van der Waals surface area contributed by atoms with Gasteiger partial charge in [0.1, 0.15) is 0 Å². The summed E-state index contributed by atoms with van der Waals surface area (Å²) >= 11 is 0. The van der Waals surface area contributed by atoms with Gasteiger partial charge in [-0.3, -0.25) is 4.79 Å². The zero-order chi connectivity index (χ0) is 11.2. The summed E-state index contributed by atoms with van der Waals surface area (Å²) in [5.41, 5.74) is 0. The van der Waals surface area contributed by atoms with Crippen molar-refractivity contribution in [3.63, 3.8) is 0 Å². The zero-order valence-corrected chi connectivity index (χ0v) is 9.97. The SMILES string of the molecule is CCC.COCCCCCOC(C)=O. The Labute approximate surface area is 87.8 Å². The Morgan fingerprint density at radius 3 is 2.00 bits per heavy atom. The highest BCUT2D eigenvalue weighted by Crippen LogP contribution is 1.95. The Balaban J connectivity index is 0. The summed E-state index contributed by atoms with van der Waals surface area (Å²) in [4.78, 5) is 10.3. The quantitative estimate of drug-likeness (QED) is 0.493.